The van der Waals surface area contributed by atoms with Gasteiger partial charge in [0.2, 0.25) is 11.8 Å². The van der Waals surface area contributed by atoms with E-state index in [4.69, 9.17) is 9.47 Å². The summed E-state index contributed by atoms with van der Waals surface area (Å²) in [5.74, 6) is -2.44. The van der Waals surface area contributed by atoms with Gasteiger partial charge in [-0.15, -0.1) is 6.58 Å². The Balaban J connectivity index is 2.04. The van der Waals surface area contributed by atoms with Gasteiger partial charge in [0.05, 0.1) is 11.5 Å². The lowest BCUT2D eigenvalue weighted by molar-refractivity contribution is -0.161. The van der Waals surface area contributed by atoms with Crippen molar-refractivity contribution in [1.29, 1.82) is 0 Å². The van der Waals surface area contributed by atoms with Gasteiger partial charge in [-0.1, -0.05) is 39.0 Å². The molecule has 0 saturated carbocycles. The van der Waals surface area contributed by atoms with Gasteiger partial charge < -0.3 is 24.4 Å². The molecule has 0 aromatic rings. The number of esters is 1. The van der Waals surface area contributed by atoms with E-state index in [1.54, 1.807) is 15.9 Å². The smallest absolute Gasteiger partial charge is 0.313 e. The van der Waals surface area contributed by atoms with Gasteiger partial charge >= 0.3 is 5.97 Å². The number of carbonyl (C=O) groups is 3. The quantitative estimate of drug-likeness (QED) is 0.333. The van der Waals surface area contributed by atoms with Crippen molar-refractivity contribution in [2.75, 3.05) is 32.8 Å². The zero-order valence-electron chi connectivity index (χ0n) is 20.0. The summed E-state index contributed by atoms with van der Waals surface area (Å²) in [6.45, 7) is 12.5. The molecule has 3 aliphatic heterocycles. The van der Waals surface area contributed by atoms with Crippen LogP contribution >= 0.6 is 0 Å². The van der Waals surface area contributed by atoms with Crippen molar-refractivity contribution in [2.24, 2.45) is 11.8 Å². The first-order valence-corrected chi connectivity index (χ1v) is 12.2. The van der Waals surface area contributed by atoms with E-state index in [2.05, 4.69) is 20.1 Å². The van der Waals surface area contributed by atoms with Gasteiger partial charge in [-0.3, -0.25) is 14.4 Å². The van der Waals surface area contributed by atoms with Crippen LogP contribution in [0.3, 0.4) is 0 Å². The number of hydrogen-bond donors (Lipinski definition) is 1. The van der Waals surface area contributed by atoms with Crippen molar-refractivity contribution in [1.82, 2.24) is 9.80 Å². The second-order valence-electron chi connectivity index (χ2n) is 9.29. The molecule has 2 amide bonds. The zero-order chi connectivity index (χ0) is 24.2. The van der Waals surface area contributed by atoms with E-state index in [0.717, 1.165) is 12.8 Å². The minimum atomic E-state index is -1.07. The van der Waals surface area contributed by atoms with Crippen LogP contribution in [0.2, 0.25) is 0 Å². The highest BCUT2D eigenvalue weighted by molar-refractivity contribution is 5.98. The van der Waals surface area contributed by atoms with Gasteiger partial charge in [-0.2, -0.15) is 0 Å². The van der Waals surface area contributed by atoms with E-state index in [9.17, 15) is 19.5 Å². The number of likely N-dealkylation sites (tertiary alicyclic amines) is 1. The van der Waals surface area contributed by atoms with Crippen LogP contribution in [0.15, 0.2) is 25.3 Å². The number of nitrogens with zero attached hydrogens (tertiary/aromatic N) is 2. The van der Waals surface area contributed by atoms with Gasteiger partial charge in [-0.25, -0.2) is 0 Å². The van der Waals surface area contributed by atoms with Gasteiger partial charge in [0.1, 0.15) is 24.2 Å². The minimum Gasteiger partial charge on any atom is -0.461 e. The summed E-state index contributed by atoms with van der Waals surface area (Å²) < 4.78 is 12.1. The van der Waals surface area contributed by atoms with Gasteiger partial charge in [0, 0.05) is 26.2 Å². The highest BCUT2D eigenvalue weighted by Crippen LogP contribution is 2.64. The standard InChI is InChI=1S/C25H38N2O6/c1-5-9-14-26(13-6-2)22(30)20-25-12-11-24(8-4,33-25)19(23(31)32-17-7-3)18(25)21(29)27(20)15-10-16-28/h6-7,18-20,28H,2-3,5,8-17H2,1,4H3/t18-,19+,20?,24-,25?/m0/s1. The lowest BCUT2D eigenvalue weighted by atomic mass is 9.65. The van der Waals surface area contributed by atoms with Crippen molar-refractivity contribution >= 4 is 17.8 Å². The summed E-state index contributed by atoms with van der Waals surface area (Å²) in [6.07, 6.45) is 6.97. The predicted octanol–water partition coefficient (Wildman–Crippen LogP) is 2.07. The summed E-state index contributed by atoms with van der Waals surface area (Å²) >= 11 is 0. The van der Waals surface area contributed by atoms with E-state index in [1.165, 1.54) is 6.08 Å². The molecule has 3 heterocycles. The SMILES string of the molecule is C=CCOC(=O)[C@H]1[C@H]2C(=O)N(CCCO)C(C(=O)N(CC=C)CCCC)C23CC[C@]1(CC)O3. The molecule has 0 aliphatic carbocycles. The monoisotopic (exact) mass is 462 g/mol. The Morgan fingerprint density at radius 1 is 1.27 bits per heavy atom. The Bertz CT molecular complexity index is 785. The number of fused-ring (bicyclic) bond motifs is 1. The number of carbonyl (C=O) groups excluding carboxylic acids is 3. The average Bonchev–Trinajstić information content (AvgIpc) is 3.42. The van der Waals surface area contributed by atoms with Crippen LogP contribution in [0, 0.1) is 11.8 Å². The van der Waals surface area contributed by atoms with E-state index < -0.39 is 35.0 Å². The lowest BCUT2D eigenvalue weighted by Crippen LogP contribution is -2.56. The average molecular weight is 463 g/mol. The number of amides is 2. The summed E-state index contributed by atoms with van der Waals surface area (Å²) in [5, 5.41) is 9.43. The van der Waals surface area contributed by atoms with Crippen LogP contribution in [-0.4, -0.2) is 82.8 Å². The Kier molecular flexibility index (Phi) is 8.00. The number of rotatable bonds is 13. The fourth-order valence-corrected chi connectivity index (χ4v) is 6.04. The lowest BCUT2D eigenvalue weighted by Gasteiger charge is -2.37. The molecule has 2 bridgehead atoms. The fourth-order valence-electron chi connectivity index (χ4n) is 6.04. The maximum absolute atomic E-state index is 13.9. The van der Waals surface area contributed by atoms with Crippen LogP contribution in [0.4, 0.5) is 0 Å². The molecule has 1 spiro atoms. The molecule has 184 valence electrons. The van der Waals surface area contributed by atoms with E-state index in [-0.39, 0.29) is 31.6 Å². The molecule has 0 aromatic carbocycles. The Morgan fingerprint density at radius 2 is 2.03 bits per heavy atom. The van der Waals surface area contributed by atoms with Crippen molar-refractivity contribution in [2.45, 2.75) is 69.6 Å². The molecule has 0 aromatic heterocycles. The van der Waals surface area contributed by atoms with Crippen molar-refractivity contribution in [3.8, 4) is 0 Å². The molecule has 3 rings (SSSR count). The first kappa shape index (κ1) is 25.4. The first-order chi connectivity index (χ1) is 15.9. The van der Waals surface area contributed by atoms with Crippen LogP contribution < -0.4 is 0 Å². The van der Waals surface area contributed by atoms with Crippen LogP contribution in [0.5, 0.6) is 0 Å². The van der Waals surface area contributed by atoms with Crippen molar-refractivity contribution < 1.29 is 29.0 Å². The predicted molar refractivity (Wildman–Crippen MR) is 123 cm³/mol. The highest BCUT2D eigenvalue weighted by atomic mass is 16.6. The molecule has 3 aliphatic rings. The summed E-state index contributed by atoms with van der Waals surface area (Å²) in [7, 11) is 0. The molecular formula is C25H38N2O6. The molecular weight excluding hydrogens is 424 g/mol. The van der Waals surface area contributed by atoms with E-state index in [1.807, 2.05) is 6.92 Å². The molecule has 3 saturated heterocycles. The summed E-state index contributed by atoms with van der Waals surface area (Å²) in [4.78, 5) is 44.1. The third-order valence-electron chi connectivity index (χ3n) is 7.51. The maximum Gasteiger partial charge on any atom is 0.313 e. The molecule has 5 atom stereocenters. The Morgan fingerprint density at radius 3 is 2.64 bits per heavy atom. The van der Waals surface area contributed by atoms with Gasteiger partial charge in [-0.05, 0) is 32.1 Å². The summed E-state index contributed by atoms with van der Waals surface area (Å²) in [6, 6.07) is -0.830. The number of unbranched alkanes of at least 4 members (excludes halogenated alkanes) is 1. The third kappa shape index (κ3) is 4.12. The fraction of sp³-hybridized carbons (Fsp3) is 0.720. The highest BCUT2D eigenvalue weighted by Gasteiger charge is 2.79. The number of ether oxygens (including phenoxy) is 2. The minimum absolute atomic E-state index is 0.0593. The molecule has 2 unspecified atom stereocenters. The molecule has 1 N–H and O–H groups in total. The molecule has 3 fully saturated rings. The Labute approximate surface area is 196 Å². The first-order valence-electron chi connectivity index (χ1n) is 12.2. The number of hydrogen-bond acceptors (Lipinski definition) is 6. The topological polar surface area (TPSA) is 96.4 Å². The van der Waals surface area contributed by atoms with E-state index >= 15 is 0 Å². The molecule has 0 radical (unpaired) electrons. The van der Waals surface area contributed by atoms with Crippen molar-refractivity contribution in [3.63, 3.8) is 0 Å². The number of aliphatic hydroxyl groups excluding tert-OH is 1. The largest absolute Gasteiger partial charge is 0.461 e. The normalized spacial score (nSPS) is 32.0. The molecule has 8 heteroatoms. The van der Waals surface area contributed by atoms with E-state index in [0.29, 0.717) is 38.8 Å². The maximum atomic E-state index is 13.9. The van der Waals surface area contributed by atoms with Crippen LogP contribution in [0.1, 0.15) is 52.4 Å². The molecule has 33 heavy (non-hydrogen) atoms. The third-order valence-corrected chi connectivity index (χ3v) is 7.51. The number of aliphatic hydroxyl groups is 1. The molecule has 8 nitrogen and oxygen atoms in total. The second-order valence-corrected chi connectivity index (χ2v) is 9.29. The zero-order valence-corrected chi connectivity index (χ0v) is 20.0. The van der Waals surface area contributed by atoms with Gasteiger partial charge in [0.25, 0.3) is 0 Å². The summed E-state index contributed by atoms with van der Waals surface area (Å²) in [5.41, 5.74) is -1.88. The van der Waals surface area contributed by atoms with Crippen molar-refractivity contribution in [3.05, 3.63) is 25.3 Å². The van der Waals surface area contributed by atoms with Crippen LogP contribution in [0.25, 0.3) is 0 Å². The second kappa shape index (κ2) is 10.4. The van der Waals surface area contributed by atoms with Crippen LogP contribution in [-0.2, 0) is 23.9 Å². The Hall–Kier alpha value is -2.19. The van der Waals surface area contributed by atoms with Gasteiger partial charge in [0.15, 0.2) is 0 Å².